The first kappa shape index (κ1) is 15.6. The van der Waals surface area contributed by atoms with Crippen molar-refractivity contribution in [1.82, 2.24) is 4.90 Å². The summed E-state index contributed by atoms with van der Waals surface area (Å²) < 4.78 is 14.3. The topological polar surface area (TPSA) is 29.3 Å². The van der Waals surface area contributed by atoms with E-state index in [9.17, 15) is 4.39 Å². The molecule has 0 aromatic heterocycles. The molecule has 0 fully saturated rings. The van der Waals surface area contributed by atoms with Crippen LogP contribution >= 0.6 is 15.9 Å². The first-order chi connectivity index (χ1) is 8.24. The average Bonchev–Trinajstić information content (AvgIpc) is 2.21. The van der Waals surface area contributed by atoms with Gasteiger partial charge < -0.3 is 5.73 Å². The maximum absolute atomic E-state index is 13.4. The van der Waals surface area contributed by atoms with Crippen LogP contribution in [0.1, 0.15) is 32.4 Å². The van der Waals surface area contributed by atoms with Crippen LogP contribution in [0, 0.1) is 11.2 Å². The fourth-order valence-electron chi connectivity index (χ4n) is 2.17. The van der Waals surface area contributed by atoms with E-state index in [1.54, 1.807) is 12.1 Å². The van der Waals surface area contributed by atoms with Crippen molar-refractivity contribution in [1.29, 1.82) is 0 Å². The standard InChI is InChI=1S/C14H22BrFN2/c1-14(2,3)9-18(4)13(8-17)11-7-10(16)5-6-12(11)15/h5-7,13H,8-9,17H2,1-4H3. The summed E-state index contributed by atoms with van der Waals surface area (Å²) in [6, 6.07) is 4.76. The van der Waals surface area contributed by atoms with Crippen LogP contribution < -0.4 is 5.73 Å². The monoisotopic (exact) mass is 316 g/mol. The molecule has 0 aliphatic carbocycles. The van der Waals surface area contributed by atoms with E-state index in [2.05, 4.69) is 41.6 Å². The van der Waals surface area contributed by atoms with Gasteiger partial charge in [-0.05, 0) is 36.2 Å². The Morgan fingerprint density at radius 1 is 1.39 bits per heavy atom. The van der Waals surface area contributed by atoms with Gasteiger partial charge in [0.15, 0.2) is 0 Å². The van der Waals surface area contributed by atoms with Crippen LogP contribution in [0.4, 0.5) is 4.39 Å². The largest absolute Gasteiger partial charge is 0.329 e. The number of halogens is 2. The highest BCUT2D eigenvalue weighted by atomic mass is 79.9. The zero-order valence-electron chi connectivity index (χ0n) is 11.5. The van der Waals surface area contributed by atoms with Gasteiger partial charge in [-0.15, -0.1) is 0 Å². The number of rotatable bonds is 4. The maximum Gasteiger partial charge on any atom is 0.123 e. The molecule has 0 saturated heterocycles. The van der Waals surface area contributed by atoms with Crippen LogP contribution in [-0.2, 0) is 0 Å². The predicted octanol–water partition coefficient (Wildman–Crippen LogP) is 3.57. The zero-order chi connectivity index (χ0) is 13.9. The fraction of sp³-hybridized carbons (Fsp3) is 0.571. The summed E-state index contributed by atoms with van der Waals surface area (Å²) >= 11 is 3.47. The molecule has 0 aliphatic heterocycles. The van der Waals surface area contributed by atoms with E-state index in [1.165, 1.54) is 6.07 Å². The Bertz CT molecular complexity index is 401. The lowest BCUT2D eigenvalue weighted by Gasteiger charge is -2.33. The Morgan fingerprint density at radius 2 is 2.00 bits per heavy atom. The van der Waals surface area contributed by atoms with E-state index in [0.29, 0.717) is 6.54 Å². The molecule has 0 heterocycles. The van der Waals surface area contributed by atoms with Crippen LogP contribution in [0.25, 0.3) is 0 Å². The van der Waals surface area contributed by atoms with E-state index in [-0.39, 0.29) is 17.3 Å². The number of nitrogens with zero attached hydrogens (tertiary/aromatic N) is 1. The van der Waals surface area contributed by atoms with Crippen molar-refractivity contribution < 1.29 is 4.39 Å². The number of nitrogens with two attached hydrogens (primary N) is 1. The minimum absolute atomic E-state index is 0.0225. The van der Waals surface area contributed by atoms with Gasteiger partial charge in [-0.25, -0.2) is 4.39 Å². The summed E-state index contributed by atoms with van der Waals surface area (Å²) in [5, 5.41) is 0. The van der Waals surface area contributed by atoms with E-state index in [0.717, 1.165) is 16.6 Å². The minimum atomic E-state index is -0.226. The summed E-state index contributed by atoms with van der Waals surface area (Å²) in [5.41, 5.74) is 6.95. The van der Waals surface area contributed by atoms with E-state index >= 15 is 0 Å². The molecule has 1 atom stereocenters. The van der Waals surface area contributed by atoms with E-state index in [1.807, 2.05) is 7.05 Å². The predicted molar refractivity (Wildman–Crippen MR) is 78.0 cm³/mol. The first-order valence-corrected chi connectivity index (χ1v) is 6.89. The second kappa shape index (κ2) is 6.13. The minimum Gasteiger partial charge on any atom is -0.329 e. The highest BCUT2D eigenvalue weighted by Gasteiger charge is 2.22. The van der Waals surface area contributed by atoms with Crippen molar-refractivity contribution >= 4 is 15.9 Å². The molecule has 0 saturated carbocycles. The van der Waals surface area contributed by atoms with Gasteiger partial charge in [0.25, 0.3) is 0 Å². The molecule has 2 nitrogen and oxygen atoms in total. The van der Waals surface area contributed by atoms with Gasteiger partial charge >= 0.3 is 0 Å². The van der Waals surface area contributed by atoms with Gasteiger partial charge in [-0.2, -0.15) is 0 Å². The molecule has 0 spiro atoms. The molecule has 1 unspecified atom stereocenters. The molecule has 0 aliphatic rings. The Morgan fingerprint density at radius 3 is 2.50 bits per heavy atom. The van der Waals surface area contributed by atoms with Gasteiger partial charge in [0, 0.05) is 23.6 Å². The van der Waals surface area contributed by atoms with Crippen LogP contribution in [0.15, 0.2) is 22.7 Å². The van der Waals surface area contributed by atoms with Crippen molar-refractivity contribution in [3.8, 4) is 0 Å². The van der Waals surface area contributed by atoms with Crippen LogP contribution in [0.3, 0.4) is 0 Å². The molecule has 0 bridgehead atoms. The lowest BCUT2D eigenvalue weighted by molar-refractivity contribution is 0.175. The highest BCUT2D eigenvalue weighted by molar-refractivity contribution is 9.10. The van der Waals surface area contributed by atoms with Gasteiger partial charge in [-0.3, -0.25) is 4.90 Å². The summed E-state index contributed by atoms with van der Waals surface area (Å²) in [4.78, 5) is 2.18. The number of likely N-dealkylation sites (N-methyl/N-ethyl adjacent to an activating group) is 1. The average molecular weight is 317 g/mol. The molecule has 1 aromatic carbocycles. The first-order valence-electron chi connectivity index (χ1n) is 6.10. The summed E-state index contributed by atoms with van der Waals surface area (Å²) in [5.74, 6) is -0.226. The zero-order valence-corrected chi connectivity index (χ0v) is 13.1. The van der Waals surface area contributed by atoms with E-state index in [4.69, 9.17) is 5.73 Å². The molecule has 1 rings (SSSR count). The molecular weight excluding hydrogens is 295 g/mol. The highest BCUT2D eigenvalue weighted by Crippen LogP contribution is 2.29. The molecule has 0 radical (unpaired) electrons. The molecule has 18 heavy (non-hydrogen) atoms. The summed E-state index contributed by atoms with van der Waals surface area (Å²) in [6.07, 6.45) is 0. The Balaban J connectivity index is 2.98. The molecule has 2 N–H and O–H groups in total. The third-order valence-corrected chi connectivity index (χ3v) is 3.52. The third-order valence-electron chi connectivity index (χ3n) is 2.80. The number of hydrogen-bond donors (Lipinski definition) is 1. The Hall–Kier alpha value is -0.450. The van der Waals surface area contributed by atoms with Gasteiger partial charge in [0.05, 0.1) is 0 Å². The van der Waals surface area contributed by atoms with Crippen molar-refractivity contribution in [3.05, 3.63) is 34.1 Å². The molecule has 102 valence electrons. The molecule has 4 heteroatoms. The van der Waals surface area contributed by atoms with Gasteiger partial charge in [-0.1, -0.05) is 36.7 Å². The number of benzene rings is 1. The van der Waals surface area contributed by atoms with Gasteiger partial charge in [0.1, 0.15) is 5.82 Å². The van der Waals surface area contributed by atoms with Crippen LogP contribution in [0.5, 0.6) is 0 Å². The van der Waals surface area contributed by atoms with Crippen molar-refractivity contribution in [2.45, 2.75) is 26.8 Å². The van der Waals surface area contributed by atoms with Crippen molar-refractivity contribution in [2.24, 2.45) is 11.1 Å². The fourth-order valence-corrected chi connectivity index (χ4v) is 2.68. The molecule has 1 aromatic rings. The third kappa shape index (κ3) is 4.34. The Kier molecular flexibility index (Phi) is 5.32. The van der Waals surface area contributed by atoms with Crippen LogP contribution in [-0.4, -0.2) is 25.0 Å². The lowest BCUT2D eigenvalue weighted by Crippen LogP contribution is -2.36. The normalized spacial score (nSPS) is 14.0. The summed E-state index contributed by atoms with van der Waals surface area (Å²) in [6.45, 7) is 7.90. The SMILES string of the molecule is CN(CC(C)(C)C)C(CN)c1cc(F)ccc1Br. The smallest absolute Gasteiger partial charge is 0.123 e. The van der Waals surface area contributed by atoms with Crippen molar-refractivity contribution in [3.63, 3.8) is 0 Å². The second-order valence-corrected chi connectivity index (χ2v) is 6.75. The second-order valence-electron chi connectivity index (χ2n) is 5.89. The lowest BCUT2D eigenvalue weighted by atomic mass is 9.94. The summed E-state index contributed by atoms with van der Waals surface area (Å²) in [7, 11) is 2.03. The van der Waals surface area contributed by atoms with Gasteiger partial charge in [0.2, 0.25) is 0 Å². The number of hydrogen-bond acceptors (Lipinski definition) is 2. The quantitative estimate of drug-likeness (QED) is 0.920. The molecule has 0 amide bonds. The Labute approximate surface area is 117 Å². The van der Waals surface area contributed by atoms with Crippen LogP contribution in [0.2, 0.25) is 0 Å². The van der Waals surface area contributed by atoms with E-state index < -0.39 is 0 Å². The maximum atomic E-state index is 13.4. The molecular formula is C14H22BrFN2. The van der Waals surface area contributed by atoms with Crippen molar-refractivity contribution in [2.75, 3.05) is 20.1 Å².